The van der Waals surface area contributed by atoms with Gasteiger partial charge in [-0.25, -0.2) is 26.3 Å². The molecule has 3 aromatic rings. The normalized spacial score (nSPS) is 13.6. The molecule has 0 amide bonds. The molecule has 0 aliphatic rings. The Labute approximate surface area is 222 Å². The summed E-state index contributed by atoms with van der Waals surface area (Å²) in [6, 6.07) is 19.0. The molecule has 0 aliphatic carbocycles. The quantitative estimate of drug-likeness (QED) is 0.327. The molecule has 3 rings (SSSR count). The number of halogens is 3. The van der Waals surface area contributed by atoms with Crippen LogP contribution >= 0.6 is 0 Å². The summed E-state index contributed by atoms with van der Waals surface area (Å²) < 4.78 is 92.5. The number of rotatable bonds is 11. The molecule has 0 fully saturated rings. The minimum atomic E-state index is -4.63. The molecule has 0 spiro atoms. The highest BCUT2D eigenvalue weighted by Gasteiger charge is 2.31. The number of nitrogens with one attached hydrogen (secondary N) is 2. The Balaban J connectivity index is 1.57. The van der Waals surface area contributed by atoms with Crippen molar-refractivity contribution in [2.24, 2.45) is 0 Å². The summed E-state index contributed by atoms with van der Waals surface area (Å²) in [7, 11) is -7.40. The third-order valence-electron chi connectivity index (χ3n) is 6.16. The van der Waals surface area contributed by atoms with Crippen molar-refractivity contribution in [3.8, 4) is 11.1 Å². The smallest absolute Gasteiger partial charge is 0.214 e. The van der Waals surface area contributed by atoms with Crippen molar-refractivity contribution in [2.75, 3.05) is 13.1 Å². The minimum absolute atomic E-state index is 0.000308. The molecule has 11 heteroatoms. The monoisotopic (exact) mass is 568 g/mol. The van der Waals surface area contributed by atoms with Gasteiger partial charge in [0.2, 0.25) is 20.0 Å². The van der Waals surface area contributed by atoms with Crippen molar-refractivity contribution in [2.45, 2.75) is 49.4 Å². The van der Waals surface area contributed by atoms with Gasteiger partial charge in [-0.1, -0.05) is 61.5 Å². The Morgan fingerprint density at radius 3 is 1.92 bits per heavy atom. The van der Waals surface area contributed by atoms with Crippen LogP contribution in [0.4, 0.5) is 13.2 Å². The lowest BCUT2D eigenvalue weighted by molar-refractivity contribution is -0.137. The van der Waals surface area contributed by atoms with Crippen LogP contribution in [0.5, 0.6) is 0 Å². The molecular formula is C27H31F3N2O4S2. The second-order valence-electron chi connectivity index (χ2n) is 9.34. The zero-order valence-corrected chi connectivity index (χ0v) is 22.9. The zero-order chi connectivity index (χ0) is 28.1. The largest absolute Gasteiger partial charge is 0.416 e. The molecule has 1 atom stereocenters. The predicted octanol–water partition coefficient (Wildman–Crippen LogP) is 5.32. The van der Waals surface area contributed by atoms with Crippen molar-refractivity contribution in [1.29, 1.82) is 0 Å². The van der Waals surface area contributed by atoms with E-state index in [9.17, 15) is 30.0 Å². The SMILES string of the molecule is CC(CNS(=O)(=O)C(C)C)c1ccc(-c2ccc(CCNS(=O)(=O)c3cccc(C(F)(F)F)c3)cc2)cc1. The van der Waals surface area contributed by atoms with E-state index < -0.39 is 41.9 Å². The van der Waals surface area contributed by atoms with Gasteiger partial charge >= 0.3 is 6.18 Å². The van der Waals surface area contributed by atoms with Crippen molar-refractivity contribution >= 4 is 20.0 Å². The number of hydrogen-bond acceptors (Lipinski definition) is 4. The first-order chi connectivity index (χ1) is 17.7. The molecule has 1 unspecified atom stereocenters. The Hall–Kier alpha value is -2.73. The molecular weight excluding hydrogens is 537 g/mol. The van der Waals surface area contributed by atoms with Gasteiger partial charge < -0.3 is 0 Å². The summed E-state index contributed by atoms with van der Waals surface area (Å²) in [5.41, 5.74) is 2.78. The van der Waals surface area contributed by atoms with Crippen molar-refractivity contribution in [3.05, 3.63) is 89.5 Å². The molecule has 6 nitrogen and oxygen atoms in total. The molecule has 0 saturated heterocycles. The van der Waals surface area contributed by atoms with Gasteiger partial charge in [0.15, 0.2) is 0 Å². The molecule has 0 saturated carbocycles. The van der Waals surface area contributed by atoms with Crippen molar-refractivity contribution in [3.63, 3.8) is 0 Å². The number of sulfonamides is 2. The maximum absolute atomic E-state index is 12.9. The predicted molar refractivity (Wildman–Crippen MR) is 143 cm³/mol. The fourth-order valence-electron chi connectivity index (χ4n) is 3.65. The fraction of sp³-hybridized carbons (Fsp3) is 0.333. The second kappa shape index (κ2) is 12.0. The molecule has 0 heterocycles. The van der Waals surface area contributed by atoms with Crippen LogP contribution in [0, 0.1) is 0 Å². The van der Waals surface area contributed by atoms with Gasteiger partial charge in [0.25, 0.3) is 0 Å². The van der Waals surface area contributed by atoms with E-state index in [0.717, 1.165) is 40.5 Å². The summed E-state index contributed by atoms with van der Waals surface area (Å²) >= 11 is 0. The Morgan fingerprint density at radius 1 is 0.789 bits per heavy atom. The maximum Gasteiger partial charge on any atom is 0.416 e. The van der Waals surface area contributed by atoms with E-state index in [1.54, 1.807) is 13.8 Å². The van der Waals surface area contributed by atoms with Crippen molar-refractivity contribution < 1.29 is 30.0 Å². The van der Waals surface area contributed by atoms with Gasteiger partial charge in [-0.3, -0.25) is 0 Å². The zero-order valence-electron chi connectivity index (χ0n) is 21.3. The summed E-state index contributed by atoms with van der Waals surface area (Å²) in [6.45, 7) is 5.56. The van der Waals surface area contributed by atoms with Gasteiger partial charge in [-0.15, -0.1) is 0 Å². The first-order valence-electron chi connectivity index (χ1n) is 12.0. The molecule has 0 aliphatic heterocycles. The molecule has 206 valence electrons. The van der Waals surface area contributed by atoms with E-state index in [4.69, 9.17) is 0 Å². The van der Waals surface area contributed by atoms with Crippen LogP contribution in [-0.2, 0) is 32.6 Å². The number of benzene rings is 3. The van der Waals surface area contributed by atoms with Crippen LogP contribution in [-0.4, -0.2) is 35.2 Å². The molecule has 2 N–H and O–H groups in total. The van der Waals surface area contributed by atoms with Gasteiger partial charge in [0, 0.05) is 13.1 Å². The Bertz CT molecular complexity index is 1440. The van der Waals surface area contributed by atoms with Crippen molar-refractivity contribution in [1.82, 2.24) is 9.44 Å². The van der Waals surface area contributed by atoms with Crippen LogP contribution in [0.2, 0.25) is 0 Å². The highest BCUT2D eigenvalue weighted by molar-refractivity contribution is 7.90. The number of hydrogen-bond donors (Lipinski definition) is 2. The van der Waals surface area contributed by atoms with E-state index in [0.29, 0.717) is 19.0 Å². The van der Waals surface area contributed by atoms with E-state index >= 15 is 0 Å². The van der Waals surface area contributed by atoms with Crippen LogP contribution in [0.3, 0.4) is 0 Å². The molecule has 3 aromatic carbocycles. The lowest BCUT2D eigenvalue weighted by Gasteiger charge is -2.15. The average Bonchev–Trinajstić information content (AvgIpc) is 2.87. The summed E-state index contributed by atoms with van der Waals surface area (Å²) in [5.74, 6) is -0.000308. The molecule has 0 radical (unpaired) electrons. The third-order valence-corrected chi connectivity index (χ3v) is 9.42. The highest BCUT2D eigenvalue weighted by atomic mass is 32.2. The van der Waals surface area contributed by atoms with E-state index in [1.165, 1.54) is 0 Å². The minimum Gasteiger partial charge on any atom is -0.214 e. The Kier molecular flexibility index (Phi) is 9.40. The van der Waals surface area contributed by atoms with E-state index in [1.807, 2.05) is 55.5 Å². The van der Waals surface area contributed by atoms with Gasteiger partial charge in [0.1, 0.15) is 0 Å². The molecule has 0 bridgehead atoms. The fourth-order valence-corrected chi connectivity index (χ4v) is 5.54. The first kappa shape index (κ1) is 29.8. The van der Waals surface area contributed by atoms with Crippen LogP contribution < -0.4 is 9.44 Å². The molecule has 0 aromatic heterocycles. The van der Waals surface area contributed by atoms with E-state index in [-0.39, 0.29) is 12.5 Å². The lowest BCUT2D eigenvalue weighted by Crippen LogP contribution is -2.33. The highest BCUT2D eigenvalue weighted by Crippen LogP contribution is 2.30. The van der Waals surface area contributed by atoms with Gasteiger partial charge in [-0.05, 0) is 66.6 Å². The average molecular weight is 569 g/mol. The number of alkyl halides is 3. The third kappa shape index (κ3) is 7.89. The molecule has 38 heavy (non-hydrogen) atoms. The standard InChI is InChI=1S/C27H31F3N2O4S2/c1-19(2)37(33,34)32-18-20(3)22-11-13-24(14-12-22)23-9-7-21(8-10-23)15-16-31-38(35,36)26-6-4-5-25(17-26)27(28,29)30/h4-14,17,19-20,31-32H,15-16,18H2,1-3H3. The van der Waals surface area contributed by atoms with Gasteiger partial charge in [0.05, 0.1) is 15.7 Å². The van der Waals surface area contributed by atoms with Crippen LogP contribution in [0.1, 0.15) is 43.4 Å². The van der Waals surface area contributed by atoms with E-state index in [2.05, 4.69) is 9.44 Å². The maximum atomic E-state index is 12.9. The first-order valence-corrected chi connectivity index (χ1v) is 15.1. The summed E-state index contributed by atoms with van der Waals surface area (Å²) in [4.78, 5) is -0.433. The van der Waals surface area contributed by atoms with Gasteiger partial charge in [-0.2, -0.15) is 13.2 Å². The lowest BCUT2D eigenvalue weighted by atomic mass is 9.97. The topological polar surface area (TPSA) is 92.3 Å². The summed E-state index contributed by atoms with van der Waals surface area (Å²) in [6.07, 6.45) is -4.26. The van der Waals surface area contributed by atoms with Crippen LogP contribution in [0.15, 0.2) is 77.7 Å². The summed E-state index contributed by atoms with van der Waals surface area (Å²) in [5, 5.41) is -0.490. The second-order valence-corrected chi connectivity index (χ2v) is 13.4. The Morgan fingerprint density at radius 2 is 1.37 bits per heavy atom. The van der Waals surface area contributed by atoms with Crippen LogP contribution in [0.25, 0.3) is 11.1 Å².